The summed E-state index contributed by atoms with van der Waals surface area (Å²) in [4.78, 5) is 2.02. The van der Waals surface area contributed by atoms with Gasteiger partial charge in [-0.05, 0) is 67.4 Å². The molecule has 0 amide bonds. The Morgan fingerprint density at radius 3 is 2.46 bits per heavy atom. The molecule has 0 unspecified atom stereocenters. The molecule has 2 aliphatic heterocycles. The number of thioether (sulfide) groups is 1. The number of halogens is 2. The molecule has 0 aliphatic carbocycles. The van der Waals surface area contributed by atoms with Crippen molar-refractivity contribution < 1.29 is 23.2 Å². The third-order valence-electron chi connectivity index (χ3n) is 5.25. The van der Waals surface area contributed by atoms with Crippen LogP contribution in [-0.4, -0.2) is 40.3 Å². The third kappa shape index (κ3) is 3.26. The smallest absolute Gasteiger partial charge is 0.387 e. The number of ether oxygens (including phenoxy) is 1. The predicted octanol–water partition coefficient (Wildman–Crippen LogP) is 4.08. The summed E-state index contributed by atoms with van der Waals surface area (Å²) in [5.74, 6) is 1.09. The monoisotopic (exact) mass is 405 g/mol. The average molecular weight is 405 g/mol. The molecular formula is C21H23F2N2O2S+. The summed E-state index contributed by atoms with van der Waals surface area (Å²) in [5, 5.41) is 12.9. The number of nitrogens with zero attached hydrogens (tertiary/aromatic N) is 2. The molecule has 28 heavy (non-hydrogen) atoms. The van der Waals surface area contributed by atoms with Crippen LogP contribution >= 0.6 is 11.8 Å². The minimum Gasteiger partial charge on any atom is -0.435 e. The molecule has 1 N–H and O–H groups in total. The number of alkyl halides is 2. The first kappa shape index (κ1) is 19.2. The largest absolute Gasteiger partial charge is 0.435 e. The second-order valence-electron chi connectivity index (χ2n) is 7.20. The van der Waals surface area contributed by atoms with Gasteiger partial charge in [-0.1, -0.05) is 18.2 Å². The van der Waals surface area contributed by atoms with Crippen LogP contribution in [-0.2, 0) is 5.72 Å². The van der Waals surface area contributed by atoms with E-state index < -0.39 is 12.3 Å². The summed E-state index contributed by atoms with van der Waals surface area (Å²) in [6.45, 7) is 2.53. The molecule has 2 heterocycles. The van der Waals surface area contributed by atoms with Crippen LogP contribution in [0.4, 0.5) is 14.5 Å². The Morgan fingerprint density at radius 2 is 1.82 bits per heavy atom. The molecule has 2 aliphatic rings. The number of aryl methyl sites for hydroxylation is 2. The minimum atomic E-state index is -2.87. The highest BCUT2D eigenvalue weighted by molar-refractivity contribution is 8.14. The fourth-order valence-corrected chi connectivity index (χ4v) is 5.18. The van der Waals surface area contributed by atoms with Crippen LogP contribution in [0.2, 0.25) is 0 Å². The zero-order valence-corrected chi connectivity index (χ0v) is 16.7. The number of anilines is 1. The van der Waals surface area contributed by atoms with Gasteiger partial charge in [0.15, 0.2) is 6.54 Å². The van der Waals surface area contributed by atoms with Gasteiger partial charge in [0.1, 0.15) is 11.4 Å². The lowest BCUT2D eigenvalue weighted by atomic mass is 9.98. The molecule has 7 heteroatoms. The molecule has 0 bridgehead atoms. The van der Waals surface area contributed by atoms with Crippen molar-refractivity contribution in [1.82, 2.24) is 0 Å². The molecule has 2 aromatic carbocycles. The van der Waals surface area contributed by atoms with Gasteiger partial charge in [-0.2, -0.15) is 13.7 Å². The van der Waals surface area contributed by atoms with E-state index in [1.165, 1.54) is 12.1 Å². The molecule has 0 fully saturated rings. The maximum Gasteiger partial charge on any atom is 0.387 e. The number of amidine groups is 1. The zero-order valence-electron chi connectivity index (χ0n) is 15.9. The molecule has 4 nitrogen and oxygen atoms in total. The molecular weight excluding hydrogens is 382 g/mol. The van der Waals surface area contributed by atoms with E-state index in [0.29, 0.717) is 12.1 Å². The molecule has 4 rings (SSSR count). The summed E-state index contributed by atoms with van der Waals surface area (Å²) in [6, 6.07) is 12.4. The quantitative estimate of drug-likeness (QED) is 0.778. The van der Waals surface area contributed by atoms with Gasteiger partial charge in [-0.3, -0.25) is 0 Å². The summed E-state index contributed by atoms with van der Waals surface area (Å²) in [7, 11) is 0. The molecule has 0 saturated heterocycles. The van der Waals surface area contributed by atoms with E-state index in [9.17, 15) is 13.9 Å². The van der Waals surface area contributed by atoms with Crippen LogP contribution in [0.15, 0.2) is 42.5 Å². The van der Waals surface area contributed by atoms with E-state index in [2.05, 4.69) is 9.31 Å². The Balaban J connectivity index is 1.80. The van der Waals surface area contributed by atoms with Gasteiger partial charge in [0.25, 0.3) is 5.72 Å². The van der Waals surface area contributed by atoms with Crippen LogP contribution in [0.1, 0.15) is 23.1 Å². The Bertz CT molecular complexity index is 897. The van der Waals surface area contributed by atoms with Crippen molar-refractivity contribution in [1.29, 1.82) is 0 Å². The zero-order chi connectivity index (χ0) is 19.9. The van der Waals surface area contributed by atoms with Gasteiger partial charge >= 0.3 is 11.8 Å². The van der Waals surface area contributed by atoms with E-state index >= 15 is 0 Å². The number of rotatable bonds is 4. The number of benzene rings is 2. The summed E-state index contributed by atoms with van der Waals surface area (Å²) in [6.07, 6.45) is 1.06. The van der Waals surface area contributed by atoms with Crippen LogP contribution < -0.4 is 9.64 Å². The third-order valence-corrected chi connectivity index (χ3v) is 6.44. The molecule has 0 saturated carbocycles. The highest BCUT2D eigenvalue weighted by atomic mass is 32.2. The van der Waals surface area contributed by atoms with Crippen LogP contribution in [0.3, 0.4) is 0 Å². The first-order valence-corrected chi connectivity index (χ1v) is 10.3. The SMILES string of the molecule is Cc1cccc(C)c1N1C2=[N+](CCCS2)C[C@@]1(O)c1ccc(OC(F)F)cc1. The Labute approximate surface area is 167 Å². The van der Waals surface area contributed by atoms with Crippen molar-refractivity contribution in [2.24, 2.45) is 0 Å². The Hall–Kier alpha value is -2.12. The maximum atomic E-state index is 12.5. The van der Waals surface area contributed by atoms with Gasteiger partial charge in [0, 0.05) is 11.3 Å². The fraction of sp³-hybridized carbons (Fsp3) is 0.381. The minimum absolute atomic E-state index is 0.0821. The van der Waals surface area contributed by atoms with Gasteiger partial charge in [-0.25, -0.2) is 4.58 Å². The first-order chi connectivity index (χ1) is 13.4. The summed E-state index contributed by atoms with van der Waals surface area (Å²) >= 11 is 1.75. The highest BCUT2D eigenvalue weighted by Crippen LogP contribution is 2.42. The highest BCUT2D eigenvalue weighted by Gasteiger charge is 2.55. The Kier molecular flexibility index (Phi) is 5.05. The number of hydrogen-bond donors (Lipinski definition) is 1. The van der Waals surface area contributed by atoms with Crippen LogP contribution in [0, 0.1) is 13.8 Å². The van der Waals surface area contributed by atoms with Crippen LogP contribution in [0.5, 0.6) is 5.75 Å². The lowest BCUT2D eigenvalue weighted by Gasteiger charge is -2.30. The van der Waals surface area contributed by atoms with E-state index in [1.54, 1.807) is 23.9 Å². The van der Waals surface area contributed by atoms with E-state index in [1.807, 2.05) is 36.9 Å². The topological polar surface area (TPSA) is 35.7 Å². The number of para-hydroxylation sites is 1. The number of aliphatic hydroxyl groups is 1. The van der Waals surface area contributed by atoms with E-state index in [-0.39, 0.29) is 5.75 Å². The molecule has 2 aromatic rings. The number of hydrogen-bond acceptors (Lipinski definition) is 4. The van der Waals surface area contributed by atoms with Crippen molar-refractivity contribution in [3.63, 3.8) is 0 Å². The van der Waals surface area contributed by atoms with Crippen LogP contribution in [0.25, 0.3) is 0 Å². The van der Waals surface area contributed by atoms with Gasteiger partial charge < -0.3 is 9.84 Å². The molecule has 0 radical (unpaired) electrons. The second kappa shape index (κ2) is 7.37. The molecule has 148 valence electrons. The first-order valence-electron chi connectivity index (χ1n) is 9.29. The normalized spacial score (nSPS) is 22.0. The van der Waals surface area contributed by atoms with Gasteiger partial charge in [0.05, 0.1) is 6.54 Å². The van der Waals surface area contributed by atoms with Crippen molar-refractivity contribution in [2.45, 2.75) is 32.6 Å². The fourth-order valence-electron chi connectivity index (χ4n) is 4.02. The summed E-state index contributed by atoms with van der Waals surface area (Å²) in [5.41, 5.74) is 2.52. The lowest BCUT2D eigenvalue weighted by molar-refractivity contribution is -0.532. The van der Waals surface area contributed by atoms with Gasteiger partial charge in [0.2, 0.25) is 0 Å². The lowest BCUT2D eigenvalue weighted by Crippen LogP contribution is -2.47. The average Bonchev–Trinajstić information content (AvgIpc) is 2.95. The standard InChI is InChI=1S/C21H23F2N2O2S/c1-14-5-3-6-15(2)18(14)25-20-24(11-4-12-28-20)13-21(25,26)16-7-9-17(10-8-16)27-19(22)23/h3,5-10,19,26H,4,11-13H2,1-2H3/q+1/t21-/m1/s1. The van der Waals surface area contributed by atoms with Crippen molar-refractivity contribution >= 4 is 22.6 Å². The van der Waals surface area contributed by atoms with Crippen molar-refractivity contribution in [3.8, 4) is 5.75 Å². The molecule has 0 aromatic heterocycles. The van der Waals surface area contributed by atoms with E-state index in [0.717, 1.165) is 40.7 Å². The van der Waals surface area contributed by atoms with Crippen molar-refractivity contribution in [2.75, 3.05) is 23.7 Å². The summed E-state index contributed by atoms with van der Waals surface area (Å²) < 4.78 is 31.6. The molecule has 1 atom stereocenters. The van der Waals surface area contributed by atoms with E-state index in [4.69, 9.17) is 0 Å². The van der Waals surface area contributed by atoms with Crippen molar-refractivity contribution in [3.05, 3.63) is 59.2 Å². The maximum absolute atomic E-state index is 12.5. The molecule has 0 spiro atoms. The Morgan fingerprint density at radius 1 is 1.14 bits per heavy atom. The predicted molar refractivity (Wildman–Crippen MR) is 107 cm³/mol. The second-order valence-corrected chi connectivity index (χ2v) is 8.26. The van der Waals surface area contributed by atoms with Gasteiger partial charge in [-0.15, -0.1) is 0 Å².